The highest BCUT2D eigenvalue weighted by atomic mass is 32.2. The van der Waals surface area contributed by atoms with E-state index >= 15 is 0 Å². The van der Waals surface area contributed by atoms with Crippen LogP contribution in [0, 0.1) is 0 Å². The predicted octanol–water partition coefficient (Wildman–Crippen LogP) is -14.7. The SMILES string of the molecule is CCSCC1O[C@@H]2O[C@@H]3C(CO)O[C@@H](O[C@@H]4C(CO)O[C@@H](O[C@@H]5C(CSC[C@@H](NC)C(=O)NCCC(=O)OCC(=O)OCOP(=O)(O)OC[C@H]6O[C@@H](n7ccc(N)nc7=O)C(F)(F)[C@@H]6O)O[C@@H](O[C@@H]6C(CO)OC(O[C@@H]7C(CO)O[C@H](O[C@@H]8C(CO)O[C@@H](O[C@H]1[C@H](O)C2O)C(O)[C@H]8O)C(O)[C@H]7O)[C@@H](O)[C@H]6O)C(O)[C@H]5O)C(O)[C@H]4O)C(O)[C@H]3O. The van der Waals surface area contributed by atoms with Crippen LogP contribution in [0.2, 0.25) is 0 Å². The Labute approximate surface area is 674 Å². The molecule has 22 saturated heterocycles. The summed E-state index contributed by atoms with van der Waals surface area (Å²) in [5, 5.41) is 232. The van der Waals surface area contributed by atoms with Crippen molar-refractivity contribution in [3.05, 3.63) is 22.7 Å². The number of phosphoric ester groups is 1. The van der Waals surface area contributed by atoms with Crippen LogP contribution in [0.25, 0.3) is 0 Å². The summed E-state index contributed by atoms with van der Waals surface area (Å²) in [6.45, 7) is -7.92. The summed E-state index contributed by atoms with van der Waals surface area (Å²) in [5.74, 6) is -8.17. The summed E-state index contributed by atoms with van der Waals surface area (Å²) < 4.78 is 149. The number of anilines is 1. The number of likely N-dealkylation sites (N-methyl/N-ethyl adjacent to an activating group) is 1. The maximum Gasteiger partial charge on any atom is 0.475 e. The number of ether oxygens (including phenoxy) is 17. The van der Waals surface area contributed by atoms with Gasteiger partial charge < -0.3 is 204 Å². The summed E-state index contributed by atoms with van der Waals surface area (Å²) >= 11 is 2.03. The maximum atomic E-state index is 14.9. The number of hydrogen-bond acceptors (Lipinski definition) is 49. The molecule has 15 unspecified atom stereocenters. The first-order valence-corrected chi connectivity index (χ1v) is 40.6. The first kappa shape index (κ1) is 96.5. The van der Waals surface area contributed by atoms with Gasteiger partial charge in [-0.05, 0) is 18.9 Å². The van der Waals surface area contributed by atoms with Crippen LogP contribution in [0.5, 0.6) is 0 Å². The number of rotatable bonds is 26. The van der Waals surface area contributed by atoms with Crippen LogP contribution in [0.3, 0.4) is 0 Å². The van der Waals surface area contributed by atoms with Crippen LogP contribution in [0.1, 0.15) is 19.6 Å². The van der Waals surface area contributed by atoms with Gasteiger partial charge in [0.05, 0.1) is 64.3 Å². The molecule has 25 N–H and O–H groups in total. The molecule has 0 radical (unpaired) electrons. The second-order valence-corrected chi connectivity index (χ2v) is 32.1. The van der Waals surface area contributed by atoms with Crippen LogP contribution in [-0.4, -0.2) is 463 Å². The van der Waals surface area contributed by atoms with Crippen molar-refractivity contribution in [1.82, 2.24) is 20.2 Å². The first-order valence-electron chi connectivity index (χ1n) is 36.8. The minimum absolute atomic E-state index is 0.0901. The second-order valence-electron chi connectivity index (χ2n) is 28.2. The molecule has 23 rings (SSSR count). The summed E-state index contributed by atoms with van der Waals surface area (Å²) in [7, 11) is -3.93. The van der Waals surface area contributed by atoms with E-state index in [9.17, 15) is 140 Å². The Morgan fingerprint density at radius 1 is 0.517 bits per heavy atom. The highest BCUT2D eigenvalue weighted by Gasteiger charge is 2.63. The molecule has 0 aliphatic carbocycles. The molecule has 55 heteroatoms. The van der Waals surface area contributed by atoms with Crippen molar-refractivity contribution >= 4 is 55.0 Å². The Kier molecular flexibility index (Phi) is 34.8. The lowest BCUT2D eigenvalue weighted by Gasteiger charge is -2.50. The van der Waals surface area contributed by atoms with Gasteiger partial charge in [-0.2, -0.15) is 37.3 Å². The van der Waals surface area contributed by atoms with Crippen molar-refractivity contribution in [2.45, 2.75) is 259 Å². The second kappa shape index (κ2) is 42.5. The normalized spacial score (nSPS) is 43.9. The van der Waals surface area contributed by atoms with E-state index in [2.05, 4.69) is 29.4 Å². The number of nitrogens with zero attached hydrogens (tertiary/aromatic N) is 2. The number of aliphatic hydroxyl groups is 20. The molecule has 1 aromatic rings. The van der Waals surface area contributed by atoms with Crippen LogP contribution in [0.4, 0.5) is 14.6 Å². The zero-order chi connectivity index (χ0) is 86.3. The number of carbonyl (C=O) groups is 3. The molecule has 22 aliphatic rings. The summed E-state index contributed by atoms with van der Waals surface area (Å²) in [5.41, 5.74) is 4.11. The Balaban J connectivity index is 0.811. The molecular weight excluding hydrogens is 1680 g/mol. The van der Waals surface area contributed by atoms with Gasteiger partial charge >= 0.3 is 31.4 Å². The molecular formula is C63H100F2N5O45PS2. The van der Waals surface area contributed by atoms with Gasteiger partial charge in [-0.25, -0.2) is 18.7 Å². The Hall–Kier alpha value is -3.68. The Morgan fingerprint density at radius 2 is 0.864 bits per heavy atom. The molecule has 0 spiro atoms. The number of nitrogen functional groups attached to an aromatic ring is 1. The number of phosphoric acid groups is 1. The fourth-order valence-corrected chi connectivity index (χ4v) is 16.5. The Bertz CT molecular complexity index is 3480. The van der Waals surface area contributed by atoms with E-state index in [1.54, 1.807) is 6.92 Å². The standard InChI is InChI=1S/C63H100F2N5O45PS2/c1-3-117-16-26-50-36(83)43(90)59(106-26)112-48-23(11-74)102-56(39(86)32(48)79)111-47-22(10-73)105-58(42(89)35(47)82)115-51-27(17-118-15-19(67-2)53(93)68-6-4-29(76)97-14-30(77)98-18-100-116(95,96)99-13-25-52(92)63(64,65)61(108-25)70-7-5-28(66)69-62(70)94)107-60(44(91)37(51)84)113-49-24(12-75)103-55(40(87)33(49)80)109-45-20(8-71)101-54(38(85)31(45)78)110-46-21(9-72)104-57(114-50)41(88)34(46)81/h5,7,19-27,31-52,54-61,67,71-75,78-92H,3-4,6,8-18H2,1-2H3,(H,68,93)(H,95,96)(H2,66,69,94)/t19-,20?,21?,22?,23?,24?,25-,26?,27?,31-,32-,33-,34-,35-,36-,37-,38?,39?,40+,41?,42?,43?,44?,45-,46-,47-,48-,49-,50-,51-,52-,54-,55?,56+,57+,58+,59-,60+,61-/m1/s1. The molecule has 0 saturated carbocycles. The van der Waals surface area contributed by atoms with E-state index in [0.29, 0.717) is 10.3 Å². The van der Waals surface area contributed by atoms with Crippen molar-refractivity contribution < 1.29 is 224 Å². The van der Waals surface area contributed by atoms with Crippen molar-refractivity contribution in [1.29, 1.82) is 0 Å². The molecule has 1 aromatic heterocycles. The number of amides is 1. The first-order chi connectivity index (χ1) is 56.0. The number of alkyl halides is 2. The topological polar surface area (TPSA) is 753 Å². The zero-order valence-electron chi connectivity index (χ0n) is 62.3. The van der Waals surface area contributed by atoms with Crippen molar-refractivity contribution in [2.24, 2.45) is 0 Å². The van der Waals surface area contributed by atoms with Crippen LogP contribution in [0.15, 0.2) is 17.1 Å². The van der Waals surface area contributed by atoms with Crippen LogP contribution >= 0.6 is 31.3 Å². The third-order valence-corrected chi connectivity index (χ3v) is 23.5. The number of nitrogens with one attached hydrogen (secondary N) is 2. The van der Waals surface area contributed by atoms with Crippen LogP contribution in [-0.2, 0) is 109 Å². The number of nitrogens with two attached hydrogens (primary N) is 1. The van der Waals surface area contributed by atoms with Gasteiger partial charge in [0.15, 0.2) is 56.7 Å². The number of aliphatic hydroxyl groups excluding tert-OH is 20. The van der Waals surface area contributed by atoms with E-state index in [1.807, 2.05) is 0 Å². The van der Waals surface area contributed by atoms with Gasteiger partial charge in [-0.1, -0.05) is 6.92 Å². The highest BCUT2D eigenvalue weighted by molar-refractivity contribution is 7.99. The number of halogens is 2. The van der Waals surface area contributed by atoms with Crippen molar-refractivity contribution in [3.63, 3.8) is 0 Å². The highest BCUT2D eigenvalue weighted by Crippen LogP contribution is 2.48. The lowest BCUT2D eigenvalue weighted by molar-refractivity contribution is -0.395. The lowest BCUT2D eigenvalue weighted by Crippen LogP contribution is -2.68. The number of aromatic nitrogens is 2. The minimum Gasteiger partial charge on any atom is -0.454 e. The smallest absolute Gasteiger partial charge is 0.454 e. The van der Waals surface area contributed by atoms with Gasteiger partial charge in [0.1, 0.15) is 171 Å². The van der Waals surface area contributed by atoms with E-state index in [-0.39, 0.29) is 17.3 Å². The molecule has 40 atom stereocenters. The van der Waals surface area contributed by atoms with E-state index in [4.69, 9.17) is 81.5 Å². The molecule has 22 aliphatic heterocycles. The monoisotopic (exact) mass is 1780 g/mol. The molecule has 22 fully saturated rings. The van der Waals surface area contributed by atoms with Gasteiger partial charge in [0, 0.05) is 30.0 Å². The average Bonchev–Trinajstić information content (AvgIpc) is 1.47. The molecule has 118 heavy (non-hydrogen) atoms. The molecule has 23 heterocycles. The summed E-state index contributed by atoms with van der Waals surface area (Å²) in [4.78, 5) is 64.0. The predicted molar refractivity (Wildman–Crippen MR) is 372 cm³/mol. The number of esters is 2. The minimum atomic E-state index is -5.27. The van der Waals surface area contributed by atoms with Crippen molar-refractivity contribution in [3.8, 4) is 0 Å². The van der Waals surface area contributed by atoms with Gasteiger partial charge in [-0.3, -0.25) is 18.7 Å². The molecule has 0 aromatic carbocycles. The van der Waals surface area contributed by atoms with Gasteiger partial charge in [-0.15, -0.1) is 0 Å². The lowest BCUT2D eigenvalue weighted by atomic mass is 9.95. The van der Waals surface area contributed by atoms with E-state index in [0.717, 1.165) is 24.0 Å². The van der Waals surface area contributed by atoms with Crippen LogP contribution < -0.4 is 22.1 Å². The third kappa shape index (κ3) is 22.0. The average molecular weight is 1780 g/mol. The van der Waals surface area contributed by atoms with E-state index in [1.165, 1.54) is 18.8 Å². The fourth-order valence-electron chi connectivity index (χ4n) is 14.0. The third-order valence-electron chi connectivity index (χ3n) is 20.4. The number of thioether (sulfide) groups is 2. The summed E-state index contributed by atoms with van der Waals surface area (Å²) in [6, 6.07) is -0.209. The summed E-state index contributed by atoms with van der Waals surface area (Å²) in [6.07, 6.45) is -78.5. The fraction of sp³-hybridized carbons (Fsp3) is 0.889. The zero-order valence-corrected chi connectivity index (χ0v) is 64.8. The molecule has 1 amide bonds. The van der Waals surface area contributed by atoms with E-state index < -0.39 is 348 Å². The molecule has 678 valence electrons. The molecule has 50 nitrogen and oxygen atoms in total. The Morgan fingerprint density at radius 3 is 1.20 bits per heavy atom. The number of carbonyl (C=O) groups excluding carboxylic acids is 3. The molecule has 14 bridgehead atoms. The maximum absolute atomic E-state index is 14.9. The largest absolute Gasteiger partial charge is 0.475 e. The van der Waals surface area contributed by atoms with Gasteiger partial charge in [0.25, 0.3) is 0 Å². The quantitative estimate of drug-likeness (QED) is 0.0233. The van der Waals surface area contributed by atoms with Gasteiger partial charge in [0.2, 0.25) is 18.9 Å². The van der Waals surface area contributed by atoms with Crippen molar-refractivity contribution in [2.75, 3.05) is 95.4 Å². The number of hydrogen-bond donors (Lipinski definition) is 24.